The zero-order valence-corrected chi connectivity index (χ0v) is 11.0. The third-order valence-electron chi connectivity index (χ3n) is 2.76. The molecular weight excluding hydrogens is 257 g/mol. The van der Waals surface area contributed by atoms with Gasteiger partial charge in [0.15, 0.2) is 0 Å². The highest BCUT2D eigenvalue weighted by molar-refractivity contribution is 5.73. The van der Waals surface area contributed by atoms with Gasteiger partial charge in [0.05, 0.1) is 0 Å². The predicted octanol–water partition coefficient (Wildman–Crippen LogP) is 2.26. The molecule has 0 saturated carbocycles. The van der Waals surface area contributed by atoms with Gasteiger partial charge in [-0.3, -0.25) is 4.98 Å². The van der Waals surface area contributed by atoms with Gasteiger partial charge in [0, 0.05) is 25.5 Å². The first kappa shape index (κ1) is 14.0. The van der Waals surface area contributed by atoms with Crippen LogP contribution >= 0.6 is 0 Å². The second kappa shape index (κ2) is 7.23. The lowest BCUT2D eigenvalue weighted by atomic mass is 10.1. The fourth-order valence-corrected chi connectivity index (χ4v) is 1.76. The van der Waals surface area contributed by atoms with Crippen LogP contribution in [0, 0.1) is 5.82 Å². The van der Waals surface area contributed by atoms with Crippen LogP contribution in [-0.4, -0.2) is 17.6 Å². The molecule has 0 unspecified atom stereocenters. The molecule has 20 heavy (non-hydrogen) atoms. The molecule has 0 radical (unpaired) electrons. The number of hydrogen-bond donors (Lipinski definition) is 2. The van der Waals surface area contributed by atoms with Crippen LogP contribution in [0.4, 0.5) is 9.18 Å². The minimum atomic E-state index is -0.261. The van der Waals surface area contributed by atoms with Gasteiger partial charge in [0.25, 0.3) is 0 Å². The Morgan fingerprint density at radius 1 is 1.15 bits per heavy atom. The molecule has 1 heterocycles. The van der Waals surface area contributed by atoms with Gasteiger partial charge in [-0.2, -0.15) is 0 Å². The maximum atomic E-state index is 13.0. The highest BCUT2D eigenvalue weighted by atomic mass is 19.1. The molecule has 2 amide bonds. The van der Waals surface area contributed by atoms with E-state index in [0.29, 0.717) is 19.5 Å². The number of carbonyl (C=O) groups excluding carboxylic acids is 1. The lowest BCUT2D eigenvalue weighted by Gasteiger charge is -2.07. The highest BCUT2D eigenvalue weighted by Gasteiger charge is 2.01. The fourth-order valence-electron chi connectivity index (χ4n) is 1.76. The monoisotopic (exact) mass is 273 g/mol. The van der Waals surface area contributed by atoms with Crippen LogP contribution < -0.4 is 10.6 Å². The van der Waals surface area contributed by atoms with Crippen molar-refractivity contribution in [2.24, 2.45) is 0 Å². The standard InChI is InChI=1S/C15H16FN3O/c16-14-5-1-3-12(9-14)6-8-18-15(20)19-11-13-4-2-7-17-10-13/h1-5,7,9-10H,6,8,11H2,(H2,18,19,20). The number of rotatable bonds is 5. The Morgan fingerprint density at radius 2 is 2.00 bits per heavy atom. The van der Waals surface area contributed by atoms with Crippen LogP contribution in [0.25, 0.3) is 0 Å². The van der Waals surface area contributed by atoms with Crippen molar-refractivity contribution in [2.75, 3.05) is 6.54 Å². The third kappa shape index (κ3) is 4.68. The van der Waals surface area contributed by atoms with Crippen molar-refractivity contribution in [2.45, 2.75) is 13.0 Å². The largest absolute Gasteiger partial charge is 0.338 e. The lowest BCUT2D eigenvalue weighted by molar-refractivity contribution is 0.240. The van der Waals surface area contributed by atoms with Gasteiger partial charge in [0.1, 0.15) is 5.82 Å². The molecule has 0 atom stereocenters. The quantitative estimate of drug-likeness (QED) is 0.878. The number of nitrogens with one attached hydrogen (secondary N) is 2. The number of pyridine rings is 1. The van der Waals surface area contributed by atoms with Gasteiger partial charge in [-0.05, 0) is 35.7 Å². The maximum absolute atomic E-state index is 13.0. The Bertz CT molecular complexity index is 560. The van der Waals surface area contributed by atoms with Crippen LogP contribution in [0.5, 0.6) is 0 Å². The second-order valence-electron chi connectivity index (χ2n) is 4.35. The normalized spacial score (nSPS) is 10.1. The number of aromatic nitrogens is 1. The van der Waals surface area contributed by atoms with E-state index in [4.69, 9.17) is 0 Å². The number of hydrogen-bond acceptors (Lipinski definition) is 2. The Hall–Kier alpha value is -2.43. The molecule has 4 nitrogen and oxygen atoms in total. The average molecular weight is 273 g/mol. The molecule has 0 bridgehead atoms. The Labute approximate surface area is 117 Å². The summed E-state index contributed by atoms with van der Waals surface area (Å²) >= 11 is 0. The molecule has 0 fully saturated rings. The van der Waals surface area contributed by atoms with Crippen molar-refractivity contribution >= 4 is 6.03 Å². The molecule has 104 valence electrons. The molecule has 0 spiro atoms. The molecule has 5 heteroatoms. The number of amides is 2. The third-order valence-corrected chi connectivity index (χ3v) is 2.76. The molecule has 1 aromatic carbocycles. The van der Waals surface area contributed by atoms with Gasteiger partial charge in [0.2, 0.25) is 0 Å². The van der Waals surface area contributed by atoms with E-state index in [2.05, 4.69) is 15.6 Å². The van der Waals surface area contributed by atoms with Crippen molar-refractivity contribution in [1.82, 2.24) is 15.6 Å². The zero-order chi connectivity index (χ0) is 14.2. The molecular formula is C15H16FN3O. The summed E-state index contributed by atoms with van der Waals surface area (Å²) in [6.45, 7) is 0.891. The Balaban J connectivity index is 1.68. The lowest BCUT2D eigenvalue weighted by Crippen LogP contribution is -2.36. The number of urea groups is 1. The first-order valence-electron chi connectivity index (χ1n) is 6.39. The molecule has 0 aliphatic heterocycles. The minimum absolute atomic E-state index is 0.245. The van der Waals surface area contributed by atoms with E-state index in [-0.39, 0.29) is 11.8 Å². The molecule has 0 saturated heterocycles. The molecule has 2 aromatic rings. The van der Waals surface area contributed by atoms with E-state index in [0.717, 1.165) is 11.1 Å². The minimum Gasteiger partial charge on any atom is -0.338 e. The van der Waals surface area contributed by atoms with Gasteiger partial charge in [-0.25, -0.2) is 9.18 Å². The second-order valence-corrected chi connectivity index (χ2v) is 4.35. The van der Waals surface area contributed by atoms with E-state index >= 15 is 0 Å². The summed E-state index contributed by atoms with van der Waals surface area (Å²) in [5.74, 6) is -0.261. The molecule has 2 N–H and O–H groups in total. The van der Waals surface area contributed by atoms with Crippen LogP contribution in [0.2, 0.25) is 0 Å². The van der Waals surface area contributed by atoms with Gasteiger partial charge in [-0.15, -0.1) is 0 Å². The topological polar surface area (TPSA) is 54.0 Å². The van der Waals surface area contributed by atoms with Crippen LogP contribution in [-0.2, 0) is 13.0 Å². The van der Waals surface area contributed by atoms with E-state index in [1.54, 1.807) is 18.5 Å². The first-order chi connectivity index (χ1) is 9.74. The van der Waals surface area contributed by atoms with E-state index in [1.807, 2.05) is 18.2 Å². The maximum Gasteiger partial charge on any atom is 0.315 e. The average Bonchev–Trinajstić information content (AvgIpc) is 2.46. The van der Waals surface area contributed by atoms with Gasteiger partial charge in [-0.1, -0.05) is 18.2 Å². The number of carbonyl (C=O) groups is 1. The molecule has 0 aliphatic carbocycles. The van der Waals surface area contributed by atoms with E-state index < -0.39 is 0 Å². The first-order valence-corrected chi connectivity index (χ1v) is 6.39. The van der Waals surface area contributed by atoms with E-state index in [1.165, 1.54) is 12.1 Å². The van der Waals surface area contributed by atoms with Gasteiger partial charge >= 0.3 is 6.03 Å². The van der Waals surface area contributed by atoms with Crippen LogP contribution in [0.3, 0.4) is 0 Å². The summed E-state index contributed by atoms with van der Waals surface area (Å²) < 4.78 is 13.0. The summed E-state index contributed by atoms with van der Waals surface area (Å²) in [6, 6.07) is 9.82. The summed E-state index contributed by atoms with van der Waals surface area (Å²) in [5.41, 5.74) is 1.80. The van der Waals surface area contributed by atoms with Crippen molar-refractivity contribution in [3.8, 4) is 0 Å². The van der Waals surface area contributed by atoms with Crippen molar-refractivity contribution in [1.29, 1.82) is 0 Å². The summed E-state index contributed by atoms with van der Waals surface area (Å²) in [6.07, 6.45) is 3.98. The fraction of sp³-hybridized carbons (Fsp3) is 0.200. The number of benzene rings is 1. The smallest absolute Gasteiger partial charge is 0.315 e. The molecule has 0 aliphatic rings. The highest BCUT2D eigenvalue weighted by Crippen LogP contribution is 2.03. The number of nitrogens with zero attached hydrogens (tertiary/aromatic N) is 1. The summed E-state index contributed by atoms with van der Waals surface area (Å²) in [4.78, 5) is 15.5. The van der Waals surface area contributed by atoms with Crippen LogP contribution in [0.1, 0.15) is 11.1 Å². The van der Waals surface area contributed by atoms with Gasteiger partial charge < -0.3 is 10.6 Å². The van der Waals surface area contributed by atoms with Crippen LogP contribution in [0.15, 0.2) is 48.8 Å². The Morgan fingerprint density at radius 3 is 2.75 bits per heavy atom. The van der Waals surface area contributed by atoms with Crippen molar-refractivity contribution < 1.29 is 9.18 Å². The van der Waals surface area contributed by atoms with Crippen molar-refractivity contribution in [3.63, 3.8) is 0 Å². The predicted molar refractivity (Wildman–Crippen MR) is 74.6 cm³/mol. The number of halogens is 1. The van der Waals surface area contributed by atoms with Crippen molar-refractivity contribution in [3.05, 3.63) is 65.7 Å². The molecule has 2 rings (SSSR count). The summed E-state index contributed by atoms with van der Waals surface area (Å²) in [7, 11) is 0. The zero-order valence-electron chi connectivity index (χ0n) is 11.0. The summed E-state index contributed by atoms with van der Waals surface area (Å²) in [5, 5.41) is 5.46. The molecule has 1 aromatic heterocycles. The SMILES string of the molecule is O=C(NCCc1cccc(F)c1)NCc1cccnc1. The Kier molecular flexibility index (Phi) is 5.06. The van der Waals surface area contributed by atoms with E-state index in [9.17, 15) is 9.18 Å².